The molecule has 1 aliphatic carbocycles. The molecule has 2 rings (SSSR count). The van der Waals surface area contributed by atoms with Crippen LogP contribution in [-0.4, -0.2) is 26.2 Å². The molecular weight excluding hydrogens is 154 g/mol. The molecule has 2 aliphatic rings. The fraction of sp³-hybridized carbons (Fsp3) is 0.889. The van der Waals surface area contributed by atoms with Gasteiger partial charge in [0.2, 0.25) is 0 Å². The zero-order valence-corrected chi connectivity index (χ0v) is 7.43. The molecule has 0 unspecified atom stereocenters. The van der Waals surface area contributed by atoms with E-state index in [0.29, 0.717) is 5.92 Å². The van der Waals surface area contributed by atoms with Gasteiger partial charge in [-0.2, -0.15) is 0 Å². The Morgan fingerprint density at radius 2 is 2.50 bits per heavy atom. The van der Waals surface area contributed by atoms with Crippen LogP contribution in [0.2, 0.25) is 0 Å². The number of ether oxygens (including phenoxy) is 1. The van der Waals surface area contributed by atoms with Crippen LogP contribution in [0.1, 0.15) is 19.3 Å². The van der Waals surface area contributed by atoms with Crippen LogP contribution in [0.3, 0.4) is 0 Å². The highest BCUT2D eigenvalue weighted by molar-refractivity contribution is 5.78. The van der Waals surface area contributed by atoms with Crippen LogP contribution in [0.4, 0.5) is 0 Å². The van der Waals surface area contributed by atoms with Crippen molar-refractivity contribution in [3.8, 4) is 0 Å². The topological polar surface area (TPSA) is 38.3 Å². The predicted molar refractivity (Wildman–Crippen MR) is 44.7 cm³/mol. The van der Waals surface area contributed by atoms with E-state index in [4.69, 9.17) is 4.74 Å². The van der Waals surface area contributed by atoms with E-state index in [9.17, 15) is 4.79 Å². The van der Waals surface area contributed by atoms with Gasteiger partial charge in [0, 0.05) is 6.54 Å². The van der Waals surface area contributed by atoms with Gasteiger partial charge < -0.3 is 10.1 Å². The number of nitrogens with one attached hydrogen (secondary N) is 1. The Kier molecular flexibility index (Phi) is 1.83. The van der Waals surface area contributed by atoms with Gasteiger partial charge in [-0.3, -0.25) is 4.79 Å². The molecule has 1 aliphatic heterocycles. The van der Waals surface area contributed by atoms with Crippen molar-refractivity contribution in [1.82, 2.24) is 5.32 Å². The third kappa shape index (κ3) is 0.891. The summed E-state index contributed by atoms with van der Waals surface area (Å²) in [6.45, 7) is 1.82. The molecule has 0 spiro atoms. The summed E-state index contributed by atoms with van der Waals surface area (Å²) in [5.74, 6) is 0.528. The molecule has 0 radical (unpaired) electrons. The van der Waals surface area contributed by atoms with E-state index in [1.165, 1.54) is 20.0 Å². The molecule has 0 bridgehead atoms. The van der Waals surface area contributed by atoms with E-state index in [1.807, 2.05) is 0 Å². The maximum atomic E-state index is 11.6. The Bertz CT molecular complexity index is 193. The van der Waals surface area contributed by atoms with Gasteiger partial charge in [-0.25, -0.2) is 0 Å². The zero-order chi connectivity index (χ0) is 8.60. The fourth-order valence-corrected chi connectivity index (χ4v) is 2.69. The molecule has 3 nitrogen and oxygen atoms in total. The first kappa shape index (κ1) is 8.05. The molecule has 1 saturated heterocycles. The number of hydrogen-bond donors (Lipinski definition) is 1. The van der Waals surface area contributed by atoms with Gasteiger partial charge in [-0.05, 0) is 25.3 Å². The molecule has 1 N–H and O–H groups in total. The number of carbonyl (C=O) groups is 1. The lowest BCUT2D eigenvalue weighted by molar-refractivity contribution is -0.153. The minimum atomic E-state index is -0.158. The molecule has 0 amide bonds. The minimum Gasteiger partial charge on any atom is -0.469 e. The lowest BCUT2D eigenvalue weighted by Crippen LogP contribution is -2.36. The monoisotopic (exact) mass is 169 g/mol. The predicted octanol–water partition coefficient (Wildman–Crippen LogP) is 0.549. The van der Waals surface area contributed by atoms with Crippen molar-refractivity contribution in [2.24, 2.45) is 11.3 Å². The lowest BCUT2D eigenvalue weighted by atomic mass is 9.81. The summed E-state index contributed by atoms with van der Waals surface area (Å²) in [7, 11) is 1.49. The van der Waals surface area contributed by atoms with Gasteiger partial charge in [0.05, 0.1) is 12.5 Å². The first-order valence-electron chi connectivity index (χ1n) is 4.59. The third-order valence-corrected chi connectivity index (χ3v) is 3.38. The standard InChI is InChI=1S/C9H15NO2/c1-12-8(11)9-4-2-3-7(9)5-10-6-9/h7,10H,2-6H2,1H3/t7-,9+/m0/s1. The second-order valence-electron chi connectivity index (χ2n) is 3.87. The molecule has 3 heteroatoms. The van der Waals surface area contributed by atoms with E-state index in [2.05, 4.69) is 5.32 Å². The number of rotatable bonds is 1. The van der Waals surface area contributed by atoms with Crippen LogP contribution in [-0.2, 0) is 9.53 Å². The van der Waals surface area contributed by atoms with E-state index in [1.54, 1.807) is 0 Å². The smallest absolute Gasteiger partial charge is 0.313 e. The highest BCUT2D eigenvalue weighted by atomic mass is 16.5. The van der Waals surface area contributed by atoms with Gasteiger partial charge in [0.15, 0.2) is 0 Å². The lowest BCUT2D eigenvalue weighted by Gasteiger charge is -2.24. The Balaban J connectivity index is 2.21. The van der Waals surface area contributed by atoms with Crippen molar-refractivity contribution in [3.05, 3.63) is 0 Å². The second-order valence-corrected chi connectivity index (χ2v) is 3.87. The number of esters is 1. The van der Waals surface area contributed by atoms with Gasteiger partial charge >= 0.3 is 5.97 Å². The SMILES string of the molecule is COC(=O)[C@@]12CCC[C@H]1CNC2. The average molecular weight is 169 g/mol. The third-order valence-electron chi connectivity index (χ3n) is 3.38. The van der Waals surface area contributed by atoms with E-state index < -0.39 is 0 Å². The van der Waals surface area contributed by atoms with Crippen LogP contribution in [0.15, 0.2) is 0 Å². The maximum Gasteiger partial charge on any atom is 0.313 e. The molecule has 1 saturated carbocycles. The minimum absolute atomic E-state index is 0.00463. The van der Waals surface area contributed by atoms with Crippen molar-refractivity contribution in [2.75, 3.05) is 20.2 Å². The summed E-state index contributed by atoms with van der Waals surface area (Å²) in [5, 5.41) is 3.28. The van der Waals surface area contributed by atoms with Crippen molar-refractivity contribution < 1.29 is 9.53 Å². The summed E-state index contributed by atoms with van der Waals surface area (Å²) in [5.41, 5.74) is -0.158. The van der Waals surface area contributed by atoms with Crippen LogP contribution < -0.4 is 5.32 Å². The Morgan fingerprint density at radius 1 is 1.67 bits per heavy atom. The van der Waals surface area contributed by atoms with Crippen LogP contribution in [0.25, 0.3) is 0 Å². The summed E-state index contributed by atoms with van der Waals surface area (Å²) >= 11 is 0. The van der Waals surface area contributed by atoms with Crippen molar-refractivity contribution in [1.29, 1.82) is 0 Å². The molecule has 12 heavy (non-hydrogen) atoms. The van der Waals surface area contributed by atoms with E-state index in [-0.39, 0.29) is 11.4 Å². The molecule has 68 valence electrons. The van der Waals surface area contributed by atoms with Crippen molar-refractivity contribution >= 4 is 5.97 Å². The Morgan fingerprint density at radius 3 is 3.25 bits per heavy atom. The van der Waals surface area contributed by atoms with E-state index >= 15 is 0 Å². The maximum absolute atomic E-state index is 11.6. The number of hydrogen-bond acceptors (Lipinski definition) is 3. The molecule has 2 atom stereocenters. The quantitative estimate of drug-likeness (QED) is 0.582. The second kappa shape index (κ2) is 2.73. The molecule has 0 aromatic carbocycles. The van der Waals surface area contributed by atoms with Crippen LogP contribution >= 0.6 is 0 Å². The Labute approximate surface area is 72.5 Å². The Hall–Kier alpha value is -0.570. The highest BCUT2D eigenvalue weighted by Gasteiger charge is 2.52. The highest BCUT2D eigenvalue weighted by Crippen LogP contribution is 2.46. The first-order chi connectivity index (χ1) is 5.79. The molecule has 1 heterocycles. The average Bonchev–Trinajstić information content (AvgIpc) is 2.60. The molecule has 2 fully saturated rings. The fourth-order valence-electron chi connectivity index (χ4n) is 2.69. The summed E-state index contributed by atoms with van der Waals surface area (Å²) in [6, 6.07) is 0. The largest absolute Gasteiger partial charge is 0.469 e. The summed E-state index contributed by atoms with van der Waals surface area (Å²) < 4.78 is 4.86. The van der Waals surface area contributed by atoms with Crippen LogP contribution in [0, 0.1) is 11.3 Å². The number of fused-ring (bicyclic) bond motifs is 1. The van der Waals surface area contributed by atoms with Gasteiger partial charge in [0.1, 0.15) is 0 Å². The molecule has 0 aromatic heterocycles. The number of carbonyl (C=O) groups excluding carboxylic acids is 1. The van der Waals surface area contributed by atoms with Gasteiger partial charge in [0.25, 0.3) is 0 Å². The van der Waals surface area contributed by atoms with Crippen molar-refractivity contribution in [3.63, 3.8) is 0 Å². The zero-order valence-electron chi connectivity index (χ0n) is 7.43. The molecule has 0 aromatic rings. The summed E-state index contributed by atoms with van der Waals surface area (Å²) in [6.07, 6.45) is 3.38. The van der Waals surface area contributed by atoms with Gasteiger partial charge in [-0.1, -0.05) is 6.42 Å². The van der Waals surface area contributed by atoms with E-state index in [0.717, 1.165) is 19.5 Å². The van der Waals surface area contributed by atoms with Crippen LogP contribution in [0.5, 0.6) is 0 Å². The number of methoxy groups -OCH3 is 1. The first-order valence-corrected chi connectivity index (χ1v) is 4.59. The van der Waals surface area contributed by atoms with Crippen molar-refractivity contribution in [2.45, 2.75) is 19.3 Å². The van der Waals surface area contributed by atoms with Gasteiger partial charge in [-0.15, -0.1) is 0 Å². The molecular formula is C9H15NO2. The normalized spacial score (nSPS) is 39.6. The summed E-state index contributed by atoms with van der Waals surface area (Å²) in [4.78, 5) is 11.6.